The van der Waals surface area contributed by atoms with Crippen LogP contribution in [0, 0.1) is 0 Å². The lowest BCUT2D eigenvalue weighted by Crippen LogP contribution is -2.28. The van der Waals surface area contributed by atoms with Crippen molar-refractivity contribution in [2.75, 3.05) is 4.90 Å². The Bertz CT molecular complexity index is 446. The molecule has 4 nitrogen and oxygen atoms in total. The van der Waals surface area contributed by atoms with Gasteiger partial charge in [-0.25, -0.2) is 0 Å². The van der Waals surface area contributed by atoms with Crippen molar-refractivity contribution in [1.82, 2.24) is 0 Å². The number of ketones is 1. The molecule has 2 rings (SSSR count). The van der Waals surface area contributed by atoms with E-state index >= 15 is 0 Å². The summed E-state index contributed by atoms with van der Waals surface area (Å²) < 4.78 is 0. The SMILES string of the molecule is CC.CC(=O)c1ccc(N2C(=O)CCC2=O)cc1. The van der Waals surface area contributed by atoms with Crippen LogP contribution in [0.15, 0.2) is 24.3 Å². The van der Waals surface area contributed by atoms with Gasteiger partial charge in [-0.2, -0.15) is 0 Å². The Morgan fingerprint density at radius 2 is 1.44 bits per heavy atom. The van der Waals surface area contributed by atoms with Crippen molar-refractivity contribution in [2.45, 2.75) is 33.6 Å². The van der Waals surface area contributed by atoms with Gasteiger partial charge in [-0.1, -0.05) is 13.8 Å². The maximum absolute atomic E-state index is 11.4. The van der Waals surface area contributed by atoms with E-state index in [1.165, 1.54) is 11.8 Å². The topological polar surface area (TPSA) is 54.5 Å². The smallest absolute Gasteiger partial charge is 0.234 e. The van der Waals surface area contributed by atoms with Crippen LogP contribution < -0.4 is 4.90 Å². The monoisotopic (exact) mass is 247 g/mol. The fourth-order valence-electron chi connectivity index (χ4n) is 1.71. The first kappa shape index (κ1) is 14.1. The van der Waals surface area contributed by atoms with Crippen molar-refractivity contribution < 1.29 is 14.4 Å². The standard InChI is InChI=1S/C12H11NO3.C2H6/c1-8(14)9-2-4-10(5-3-9)13-11(15)6-7-12(13)16;1-2/h2-5H,6-7H2,1H3;1-2H3. The van der Waals surface area contributed by atoms with Gasteiger partial charge in [0.1, 0.15) is 0 Å². The van der Waals surface area contributed by atoms with E-state index in [1.54, 1.807) is 24.3 Å². The van der Waals surface area contributed by atoms with Gasteiger partial charge >= 0.3 is 0 Å². The van der Waals surface area contributed by atoms with Gasteiger partial charge in [-0.15, -0.1) is 0 Å². The minimum Gasteiger partial charge on any atom is -0.295 e. The number of hydrogen-bond donors (Lipinski definition) is 0. The molecule has 0 aliphatic carbocycles. The molecule has 1 aromatic carbocycles. The average Bonchev–Trinajstić information content (AvgIpc) is 2.72. The van der Waals surface area contributed by atoms with Gasteiger partial charge in [-0.05, 0) is 31.2 Å². The molecule has 1 heterocycles. The molecule has 1 fully saturated rings. The molecule has 1 saturated heterocycles. The Labute approximate surface area is 107 Å². The molecule has 0 spiro atoms. The number of hydrogen-bond acceptors (Lipinski definition) is 3. The van der Waals surface area contributed by atoms with Crippen LogP contribution in [-0.2, 0) is 9.59 Å². The second kappa shape index (κ2) is 6.10. The van der Waals surface area contributed by atoms with E-state index < -0.39 is 0 Å². The van der Waals surface area contributed by atoms with Crippen LogP contribution in [0.25, 0.3) is 0 Å². The van der Waals surface area contributed by atoms with Crippen LogP contribution in [0.3, 0.4) is 0 Å². The first-order valence-electron chi connectivity index (χ1n) is 6.06. The second-order valence-corrected chi connectivity index (χ2v) is 3.73. The van der Waals surface area contributed by atoms with Crippen molar-refractivity contribution in [3.05, 3.63) is 29.8 Å². The Morgan fingerprint density at radius 3 is 1.83 bits per heavy atom. The molecular formula is C14H17NO3. The highest BCUT2D eigenvalue weighted by molar-refractivity contribution is 6.19. The molecule has 1 aliphatic heterocycles. The highest BCUT2D eigenvalue weighted by atomic mass is 16.2. The summed E-state index contributed by atoms with van der Waals surface area (Å²) in [5.74, 6) is -0.397. The van der Waals surface area contributed by atoms with E-state index in [1.807, 2.05) is 13.8 Å². The van der Waals surface area contributed by atoms with Gasteiger partial charge in [-0.3, -0.25) is 19.3 Å². The normalized spacial score (nSPS) is 14.3. The molecule has 0 unspecified atom stereocenters. The van der Waals surface area contributed by atoms with E-state index in [9.17, 15) is 14.4 Å². The minimum atomic E-state index is -0.180. The third-order valence-electron chi connectivity index (χ3n) is 2.58. The van der Waals surface area contributed by atoms with Crippen LogP contribution in [0.5, 0.6) is 0 Å². The molecule has 0 atom stereocenters. The first-order chi connectivity index (χ1) is 8.59. The van der Waals surface area contributed by atoms with Crippen LogP contribution >= 0.6 is 0 Å². The molecule has 18 heavy (non-hydrogen) atoms. The number of rotatable bonds is 2. The number of imide groups is 1. The van der Waals surface area contributed by atoms with Crippen molar-refractivity contribution in [3.63, 3.8) is 0 Å². The summed E-state index contributed by atoms with van der Waals surface area (Å²) in [6.45, 7) is 5.47. The lowest BCUT2D eigenvalue weighted by Gasteiger charge is -2.13. The van der Waals surface area contributed by atoms with Gasteiger partial charge in [0.2, 0.25) is 11.8 Å². The van der Waals surface area contributed by atoms with Gasteiger partial charge < -0.3 is 0 Å². The summed E-state index contributed by atoms with van der Waals surface area (Å²) in [7, 11) is 0. The molecule has 96 valence electrons. The fraction of sp³-hybridized carbons (Fsp3) is 0.357. The summed E-state index contributed by atoms with van der Waals surface area (Å²) in [5, 5.41) is 0. The summed E-state index contributed by atoms with van der Waals surface area (Å²) in [4.78, 5) is 35.1. The average molecular weight is 247 g/mol. The number of amides is 2. The number of nitrogens with zero attached hydrogens (tertiary/aromatic N) is 1. The zero-order valence-corrected chi connectivity index (χ0v) is 10.9. The molecule has 0 aromatic heterocycles. The maximum Gasteiger partial charge on any atom is 0.234 e. The third-order valence-corrected chi connectivity index (χ3v) is 2.58. The van der Waals surface area contributed by atoms with Crippen molar-refractivity contribution >= 4 is 23.3 Å². The molecule has 0 saturated carbocycles. The fourth-order valence-corrected chi connectivity index (χ4v) is 1.71. The highest BCUT2D eigenvalue weighted by Crippen LogP contribution is 2.22. The molecular weight excluding hydrogens is 230 g/mol. The number of carbonyl (C=O) groups excluding carboxylic acids is 3. The van der Waals surface area contributed by atoms with Gasteiger partial charge in [0.15, 0.2) is 5.78 Å². The van der Waals surface area contributed by atoms with Crippen LogP contribution in [0.2, 0.25) is 0 Å². The number of Topliss-reactive ketones (excluding diaryl/α,β-unsaturated/α-hetero) is 1. The molecule has 0 bridgehead atoms. The first-order valence-corrected chi connectivity index (χ1v) is 6.06. The van der Waals surface area contributed by atoms with Gasteiger partial charge in [0.25, 0.3) is 0 Å². The van der Waals surface area contributed by atoms with Crippen molar-refractivity contribution in [2.24, 2.45) is 0 Å². The summed E-state index contributed by atoms with van der Waals surface area (Å²) in [5.41, 5.74) is 1.11. The van der Waals surface area contributed by atoms with Crippen LogP contribution in [-0.4, -0.2) is 17.6 Å². The van der Waals surface area contributed by atoms with E-state index in [-0.39, 0.29) is 30.4 Å². The predicted octanol–water partition coefficient (Wildman–Crippen LogP) is 2.57. The second-order valence-electron chi connectivity index (χ2n) is 3.73. The Hall–Kier alpha value is -1.97. The third kappa shape index (κ3) is 2.83. The molecule has 2 amide bonds. The quantitative estimate of drug-likeness (QED) is 0.596. The number of anilines is 1. The Morgan fingerprint density at radius 1 is 1.00 bits per heavy atom. The summed E-state index contributed by atoms with van der Waals surface area (Å²) >= 11 is 0. The Balaban J connectivity index is 0.000000771. The summed E-state index contributed by atoms with van der Waals surface area (Å²) in [6, 6.07) is 6.49. The van der Waals surface area contributed by atoms with Gasteiger partial charge in [0.05, 0.1) is 5.69 Å². The van der Waals surface area contributed by atoms with E-state index in [0.717, 1.165) is 0 Å². The predicted molar refractivity (Wildman–Crippen MR) is 69.5 cm³/mol. The zero-order valence-electron chi connectivity index (χ0n) is 10.9. The minimum absolute atomic E-state index is 0.0365. The van der Waals surface area contributed by atoms with Crippen LogP contribution in [0.4, 0.5) is 5.69 Å². The maximum atomic E-state index is 11.4. The molecule has 4 heteroatoms. The lowest BCUT2D eigenvalue weighted by molar-refractivity contribution is -0.121. The number of carbonyl (C=O) groups is 3. The molecule has 0 N–H and O–H groups in total. The largest absolute Gasteiger partial charge is 0.295 e. The number of benzene rings is 1. The van der Waals surface area contributed by atoms with E-state index in [4.69, 9.17) is 0 Å². The van der Waals surface area contributed by atoms with Crippen molar-refractivity contribution in [1.29, 1.82) is 0 Å². The van der Waals surface area contributed by atoms with E-state index in [2.05, 4.69) is 0 Å². The zero-order chi connectivity index (χ0) is 13.7. The molecule has 1 aliphatic rings. The van der Waals surface area contributed by atoms with Gasteiger partial charge in [0, 0.05) is 18.4 Å². The highest BCUT2D eigenvalue weighted by Gasteiger charge is 2.30. The van der Waals surface area contributed by atoms with Crippen molar-refractivity contribution in [3.8, 4) is 0 Å². The van der Waals surface area contributed by atoms with Crippen LogP contribution in [0.1, 0.15) is 44.0 Å². The molecule has 0 radical (unpaired) electrons. The van der Waals surface area contributed by atoms with E-state index in [0.29, 0.717) is 11.3 Å². The lowest BCUT2D eigenvalue weighted by atomic mass is 10.1. The summed E-state index contributed by atoms with van der Waals surface area (Å²) in [6.07, 6.45) is 0.542. The molecule has 1 aromatic rings. The Kier molecular flexibility index (Phi) is 4.77.